The Balaban J connectivity index is 1.83. The minimum Gasteiger partial charge on any atom is -0.494 e. The summed E-state index contributed by atoms with van der Waals surface area (Å²) < 4.78 is 5.34. The molecule has 0 unspecified atom stereocenters. The van der Waals surface area contributed by atoms with Crippen LogP contribution in [0.4, 0.5) is 11.4 Å². The predicted molar refractivity (Wildman–Crippen MR) is 117 cm³/mol. The molecule has 8 heteroatoms. The maximum Gasteiger partial charge on any atom is 0.257 e. The molecule has 2 N–H and O–H groups in total. The molecule has 0 saturated carbocycles. The van der Waals surface area contributed by atoms with Crippen LogP contribution in [-0.4, -0.2) is 18.9 Å². The number of anilines is 2. The molecular formula is C21H15Cl3N2O3. The molecule has 0 aliphatic carbocycles. The van der Waals surface area contributed by atoms with Gasteiger partial charge in [0, 0.05) is 16.7 Å². The quantitative estimate of drug-likeness (QED) is 0.490. The fraction of sp³-hybridized carbons (Fsp3) is 0.0476. The molecule has 0 bridgehead atoms. The molecule has 0 saturated heterocycles. The van der Waals surface area contributed by atoms with E-state index in [2.05, 4.69) is 10.6 Å². The van der Waals surface area contributed by atoms with Crippen molar-refractivity contribution in [3.63, 3.8) is 0 Å². The molecule has 3 aromatic rings. The van der Waals surface area contributed by atoms with Crippen LogP contribution in [0.5, 0.6) is 5.75 Å². The summed E-state index contributed by atoms with van der Waals surface area (Å²) in [5, 5.41) is 6.50. The summed E-state index contributed by atoms with van der Waals surface area (Å²) in [6.07, 6.45) is 0. The fourth-order valence-electron chi connectivity index (χ4n) is 2.55. The second-order valence-corrected chi connectivity index (χ2v) is 7.18. The first-order valence-electron chi connectivity index (χ1n) is 8.39. The fourth-order valence-corrected chi connectivity index (χ4v) is 3.10. The maximum atomic E-state index is 12.5. The van der Waals surface area contributed by atoms with E-state index in [4.69, 9.17) is 39.5 Å². The largest absolute Gasteiger partial charge is 0.494 e. The highest BCUT2D eigenvalue weighted by atomic mass is 35.5. The third kappa shape index (κ3) is 5.01. The lowest BCUT2D eigenvalue weighted by atomic mass is 10.2. The molecule has 0 aliphatic heterocycles. The van der Waals surface area contributed by atoms with E-state index in [0.717, 1.165) is 0 Å². The van der Waals surface area contributed by atoms with Gasteiger partial charge in [-0.05, 0) is 42.5 Å². The zero-order valence-corrected chi connectivity index (χ0v) is 17.4. The molecule has 0 radical (unpaired) electrons. The number of carbonyl (C=O) groups is 2. The molecule has 3 rings (SSSR count). The summed E-state index contributed by atoms with van der Waals surface area (Å²) in [5.41, 5.74) is 1.40. The lowest BCUT2D eigenvalue weighted by Gasteiger charge is -2.15. The van der Waals surface area contributed by atoms with Crippen molar-refractivity contribution in [1.29, 1.82) is 0 Å². The van der Waals surface area contributed by atoms with Gasteiger partial charge in [-0.15, -0.1) is 0 Å². The molecule has 0 atom stereocenters. The van der Waals surface area contributed by atoms with E-state index in [0.29, 0.717) is 38.3 Å². The van der Waals surface area contributed by atoms with E-state index in [-0.39, 0.29) is 10.9 Å². The number of halogens is 3. The minimum absolute atomic E-state index is 0.220. The van der Waals surface area contributed by atoms with Gasteiger partial charge in [0.1, 0.15) is 5.75 Å². The Hall–Kier alpha value is -2.73. The van der Waals surface area contributed by atoms with Gasteiger partial charge in [0.2, 0.25) is 0 Å². The molecule has 5 nitrogen and oxygen atoms in total. The van der Waals surface area contributed by atoms with E-state index in [9.17, 15) is 9.59 Å². The Kier molecular flexibility index (Phi) is 6.64. The number of methoxy groups -OCH3 is 1. The van der Waals surface area contributed by atoms with Crippen molar-refractivity contribution in [2.45, 2.75) is 0 Å². The molecule has 0 aliphatic rings. The van der Waals surface area contributed by atoms with Gasteiger partial charge in [0.15, 0.2) is 0 Å². The van der Waals surface area contributed by atoms with Crippen molar-refractivity contribution in [3.8, 4) is 5.75 Å². The van der Waals surface area contributed by atoms with Gasteiger partial charge in [-0.25, -0.2) is 0 Å². The number of hydrogen-bond acceptors (Lipinski definition) is 3. The third-order valence-electron chi connectivity index (χ3n) is 4.01. The normalized spacial score (nSPS) is 10.3. The van der Waals surface area contributed by atoms with Gasteiger partial charge in [-0.1, -0.05) is 46.9 Å². The van der Waals surface area contributed by atoms with Crippen LogP contribution in [0.15, 0.2) is 60.7 Å². The number of carbonyl (C=O) groups excluding carboxylic acids is 2. The molecule has 29 heavy (non-hydrogen) atoms. The molecule has 0 fully saturated rings. The van der Waals surface area contributed by atoms with Gasteiger partial charge >= 0.3 is 0 Å². The van der Waals surface area contributed by atoms with Crippen LogP contribution < -0.4 is 15.4 Å². The van der Waals surface area contributed by atoms with Crippen molar-refractivity contribution in [1.82, 2.24) is 0 Å². The first-order chi connectivity index (χ1) is 13.9. The third-order valence-corrected chi connectivity index (χ3v) is 4.90. The van der Waals surface area contributed by atoms with Gasteiger partial charge < -0.3 is 15.4 Å². The highest BCUT2D eigenvalue weighted by Crippen LogP contribution is 2.35. The lowest BCUT2D eigenvalue weighted by Crippen LogP contribution is -2.15. The number of benzene rings is 3. The molecule has 3 aromatic carbocycles. The topological polar surface area (TPSA) is 67.4 Å². The Labute approximate surface area is 182 Å². The second kappa shape index (κ2) is 9.18. The van der Waals surface area contributed by atoms with E-state index in [1.165, 1.54) is 19.2 Å². The summed E-state index contributed by atoms with van der Waals surface area (Å²) in [4.78, 5) is 24.9. The molecule has 148 valence electrons. The van der Waals surface area contributed by atoms with Gasteiger partial charge in [-0.2, -0.15) is 0 Å². The highest BCUT2D eigenvalue weighted by molar-refractivity contribution is 6.36. The number of rotatable bonds is 5. The highest BCUT2D eigenvalue weighted by Gasteiger charge is 2.16. The Morgan fingerprint density at radius 2 is 1.45 bits per heavy atom. The van der Waals surface area contributed by atoms with Gasteiger partial charge in [-0.3, -0.25) is 9.59 Å². The van der Waals surface area contributed by atoms with Crippen LogP contribution in [0.2, 0.25) is 15.1 Å². The minimum atomic E-state index is -0.419. The second-order valence-electron chi connectivity index (χ2n) is 5.93. The summed E-state index contributed by atoms with van der Waals surface area (Å²) >= 11 is 18.2. The van der Waals surface area contributed by atoms with Crippen molar-refractivity contribution in [3.05, 3.63) is 86.9 Å². The summed E-state index contributed by atoms with van der Waals surface area (Å²) in [5.74, 6) is -0.451. The van der Waals surface area contributed by atoms with Crippen molar-refractivity contribution < 1.29 is 14.3 Å². The van der Waals surface area contributed by atoms with Crippen LogP contribution in [-0.2, 0) is 0 Å². The first kappa shape index (κ1) is 21.0. The van der Waals surface area contributed by atoms with Crippen LogP contribution >= 0.6 is 34.8 Å². The molecule has 2 amide bonds. The summed E-state index contributed by atoms with van der Waals surface area (Å²) in [6.45, 7) is 0. The van der Waals surface area contributed by atoms with E-state index in [1.807, 2.05) is 0 Å². The summed E-state index contributed by atoms with van der Waals surface area (Å²) in [6, 6.07) is 16.1. The van der Waals surface area contributed by atoms with Crippen LogP contribution in [0.1, 0.15) is 20.7 Å². The van der Waals surface area contributed by atoms with Gasteiger partial charge in [0.25, 0.3) is 11.8 Å². The molecule has 0 spiro atoms. The summed E-state index contributed by atoms with van der Waals surface area (Å²) in [7, 11) is 1.45. The monoisotopic (exact) mass is 448 g/mol. The van der Waals surface area contributed by atoms with E-state index >= 15 is 0 Å². The predicted octanol–water partition coefficient (Wildman–Crippen LogP) is 6.16. The van der Waals surface area contributed by atoms with Crippen LogP contribution in [0.25, 0.3) is 0 Å². The standard InChI is InChI=1S/C21H15Cl3N2O3/c1-29-19-11-17(25-21(28)14-4-2-3-5-15(14)23)16(24)10-18(19)26-20(27)12-6-8-13(22)9-7-12/h2-11H,1H3,(H,25,28)(H,26,27). The maximum absolute atomic E-state index is 12.5. The van der Waals surface area contributed by atoms with Crippen molar-refractivity contribution in [2.24, 2.45) is 0 Å². The van der Waals surface area contributed by atoms with Crippen molar-refractivity contribution >= 4 is 58.0 Å². The number of ether oxygens (including phenoxy) is 1. The molecule has 0 aromatic heterocycles. The molecular weight excluding hydrogens is 435 g/mol. The Bertz CT molecular complexity index is 1070. The van der Waals surface area contributed by atoms with Gasteiger partial charge in [0.05, 0.1) is 34.1 Å². The van der Waals surface area contributed by atoms with E-state index in [1.54, 1.807) is 48.5 Å². The SMILES string of the molecule is COc1cc(NC(=O)c2ccccc2Cl)c(Cl)cc1NC(=O)c1ccc(Cl)cc1. The average Bonchev–Trinajstić information content (AvgIpc) is 2.70. The first-order valence-corrected chi connectivity index (χ1v) is 9.52. The number of amides is 2. The Morgan fingerprint density at radius 1 is 0.793 bits per heavy atom. The van der Waals surface area contributed by atoms with Crippen LogP contribution in [0, 0.1) is 0 Å². The smallest absolute Gasteiger partial charge is 0.257 e. The zero-order chi connectivity index (χ0) is 21.0. The van der Waals surface area contributed by atoms with Crippen LogP contribution in [0.3, 0.4) is 0 Å². The zero-order valence-electron chi connectivity index (χ0n) is 15.1. The average molecular weight is 450 g/mol. The van der Waals surface area contributed by atoms with Crippen molar-refractivity contribution in [2.75, 3.05) is 17.7 Å². The number of nitrogens with one attached hydrogen (secondary N) is 2. The Morgan fingerprint density at radius 3 is 2.10 bits per heavy atom. The molecule has 0 heterocycles. The number of hydrogen-bond donors (Lipinski definition) is 2. The van der Waals surface area contributed by atoms with E-state index < -0.39 is 5.91 Å². The lowest BCUT2D eigenvalue weighted by molar-refractivity contribution is 0.101.